The second-order valence-electron chi connectivity index (χ2n) is 9.52. The highest BCUT2D eigenvalue weighted by atomic mass is 32.1. The fraction of sp³-hybridized carbons (Fsp3) is 0.682. The van der Waals surface area contributed by atoms with E-state index in [1.807, 2.05) is 10.3 Å². The molecule has 0 unspecified atom stereocenters. The molecular formula is C22H36N2O4SSi. The van der Waals surface area contributed by atoms with Crippen LogP contribution in [0.3, 0.4) is 0 Å². The molecule has 6 nitrogen and oxygen atoms in total. The number of nitrogens with zero attached hydrogens (tertiary/aromatic N) is 2. The quantitative estimate of drug-likeness (QED) is 0.384. The first-order valence-corrected chi connectivity index (χ1v) is 14.5. The van der Waals surface area contributed by atoms with Gasteiger partial charge in [0.2, 0.25) is 5.91 Å². The van der Waals surface area contributed by atoms with Crippen molar-refractivity contribution in [3.63, 3.8) is 0 Å². The molecular weight excluding hydrogens is 416 g/mol. The summed E-state index contributed by atoms with van der Waals surface area (Å²) >= 11 is 1.49. The summed E-state index contributed by atoms with van der Waals surface area (Å²) in [5, 5.41) is 12.0. The van der Waals surface area contributed by atoms with Crippen molar-refractivity contribution < 1.29 is 19.1 Å². The number of thiazole rings is 1. The molecule has 1 aliphatic rings. The van der Waals surface area contributed by atoms with E-state index < -0.39 is 14.3 Å². The van der Waals surface area contributed by atoms with Crippen LogP contribution in [0.1, 0.15) is 70.5 Å². The van der Waals surface area contributed by atoms with Gasteiger partial charge >= 0.3 is 5.97 Å². The van der Waals surface area contributed by atoms with Crippen molar-refractivity contribution >= 4 is 37.1 Å². The lowest BCUT2D eigenvalue weighted by Gasteiger charge is -2.38. The number of allylic oxidation sites excluding steroid dienone is 1. The summed E-state index contributed by atoms with van der Waals surface area (Å²) in [6.07, 6.45) is 5.22. The van der Waals surface area contributed by atoms with Gasteiger partial charge in [-0.05, 0) is 43.0 Å². The maximum absolute atomic E-state index is 12.5. The Bertz CT molecular complexity index is 782. The molecule has 0 bridgehead atoms. The van der Waals surface area contributed by atoms with Crippen molar-refractivity contribution in [1.29, 1.82) is 0 Å². The van der Waals surface area contributed by atoms with Crippen molar-refractivity contribution in [2.45, 2.75) is 90.5 Å². The minimum Gasteiger partial charge on any atom is -0.478 e. The van der Waals surface area contributed by atoms with E-state index in [1.165, 1.54) is 17.4 Å². The molecule has 1 aromatic heterocycles. The monoisotopic (exact) mass is 452 g/mol. The van der Waals surface area contributed by atoms with Crippen molar-refractivity contribution in [3.05, 3.63) is 22.2 Å². The Morgan fingerprint density at radius 2 is 2.13 bits per heavy atom. The number of unbranched alkanes of at least 4 members (excludes halogenated alkanes) is 1. The molecule has 168 valence electrons. The normalized spacial score (nSPS) is 18.3. The Morgan fingerprint density at radius 3 is 2.73 bits per heavy atom. The van der Waals surface area contributed by atoms with Crippen LogP contribution >= 0.6 is 11.3 Å². The third kappa shape index (κ3) is 6.49. The molecule has 1 fully saturated rings. The number of aromatic nitrogens is 1. The van der Waals surface area contributed by atoms with Gasteiger partial charge in [0.1, 0.15) is 5.01 Å². The molecule has 0 aromatic carbocycles. The van der Waals surface area contributed by atoms with E-state index in [2.05, 4.69) is 45.8 Å². The van der Waals surface area contributed by atoms with Gasteiger partial charge in [0, 0.05) is 17.9 Å². The van der Waals surface area contributed by atoms with Crippen molar-refractivity contribution in [2.24, 2.45) is 0 Å². The van der Waals surface area contributed by atoms with Crippen LogP contribution in [0.15, 0.2) is 11.5 Å². The number of aliphatic carboxylic acids is 1. The zero-order valence-electron chi connectivity index (χ0n) is 19.2. The summed E-state index contributed by atoms with van der Waals surface area (Å²) < 4.78 is 6.38. The molecule has 0 spiro atoms. The minimum atomic E-state index is -1.87. The molecule has 2 rings (SSSR count). The summed E-state index contributed by atoms with van der Waals surface area (Å²) in [6.45, 7) is 14.2. The maximum Gasteiger partial charge on any atom is 0.328 e. The molecule has 0 saturated carbocycles. The van der Waals surface area contributed by atoms with Gasteiger partial charge in [-0.2, -0.15) is 0 Å². The van der Waals surface area contributed by atoms with Gasteiger partial charge in [-0.25, -0.2) is 9.78 Å². The molecule has 8 heteroatoms. The van der Waals surface area contributed by atoms with E-state index in [4.69, 9.17) is 9.53 Å². The van der Waals surface area contributed by atoms with E-state index >= 15 is 0 Å². The fourth-order valence-electron chi connectivity index (χ4n) is 3.17. The Morgan fingerprint density at radius 1 is 1.43 bits per heavy atom. The van der Waals surface area contributed by atoms with Gasteiger partial charge < -0.3 is 14.4 Å². The topological polar surface area (TPSA) is 79.7 Å². The van der Waals surface area contributed by atoms with Crippen LogP contribution in [0, 0.1) is 0 Å². The lowest BCUT2D eigenvalue weighted by Crippen LogP contribution is -2.45. The Kier molecular flexibility index (Phi) is 8.41. The lowest BCUT2D eigenvalue weighted by molar-refractivity contribution is -0.131. The molecule has 2 heterocycles. The van der Waals surface area contributed by atoms with Gasteiger partial charge in [0.05, 0.1) is 24.9 Å². The van der Waals surface area contributed by atoms with Crippen LogP contribution < -0.4 is 0 Å². The number of carbonyl (C=O) groups excluding carboxylic acids is 1. The zero-order chi connectivity index (χ0) is 22.5. The summed E-state index contributed by atoms with van der Waals surface area (Å²) in [5.41, 5.74) is 1.46. The number of amides is 1. The van der Waals surface area contributed by atoms with Crippen molar-refractivity contribution in [3.8, 4) is 0 Å². The fourth-order valence-corrected chi connectivity index (χ4v) is 5.03. The standard InChI is InChI=1S/C22H36N2O4SSi/c1-7-8-9-16(12-21(26)27)18-15-29-19(23-18)13-24-17(10-11-20(24)25)14-28-30(5,6)22(2,3)4/h12,15,17H,7-11,13-14H2,1-6H3,(H,26,27)/b16-12+/t17-/m1/s1. The first-order valence-electron chi connectivity index (χ1n) is 10.8. The number of hydrogen-bond donors (Lipinski definition) is 1. The summed E-state index contributed by atoms with van der Waals surface area (Å²) in [7, 11) is -1.87. The smallest absolute Gasteiger partial charge is 0.328 e. The van der Waals surface area contributed by atoms with Crippen LogP contribution in [0.4, 0.5) is 0 Å². The summed E-state index contributed by atoms with van der Waals surface area (Å²) in [6, 6.07) is 0.0769. The van der Waals surface area contributed by atoms with Crippen molar-refractivity contribution in [1.82, 2.24) is 9.88 Å². The number of carboxylic acid groups (broad SMARTS) is 1. The number of carbonyl (C=O) groups is 2. The van der Waals surface area contributed by atoms with Crippen LogP contribution in [0.5, 0.6) is 0 Å². The van der Waals surface area contributed by atoms with Gasteiger partial charge in [0.15, 0.2) is 8.32 Å². The summed E-state index contributed by atoms with van der Waals surface area (Å²) in [5.74, 6) is -0.809. The third-order valence-electron chi connectivity index (χ3n) is 6.18. The Balaban J connectivity index is 2.08. The molecule has 1 saturated heterocycles. The predicted octanol–water partition coefficient (Wildman–Crippen LogP) is 5.31. The van der Waals surface area contributed by atoms with Gasteiger partial charge in [-0.15, -0.1) is 11.3 Å². The number of carboxylic acids is 1. The number of rotatable bonds is 10. The second-order valence-corrected chi connectivity index (χ2v) is 15.3. The molecule has 0 aliphatic carbocycles. The maximum atomic E-state index is 12.5. The van der Waals surface area contributed by atoms with Crippen LogP contribution in [-0.2, 0) is 20.6 Å². The van der Waals surface area contributed by atoms with E-state index in [-0.39, 0.29) is 17.0 Å². The summed E-state index contributed by atoms with van der Waals surface area (Å²) in [4.78, 5) is 30.2. The van der Waals surface area contributed by atoms with E-state index in [9.17, 15) is 9.59 Å². The highest BCUT2D eigenvalue weighted by Gasteiger charge is 2.39. The van der Waals surface area contributed by atoms with Crippen molar-refractivity contribution in [2.75, 3.05) is 6.61 Å². The first kappa shape index (κ1) is 24.8. The van der Waals surface area contributed by atoms with Crippen LogP contribution in [-0.4, -0.2) is 47.8 Å². The van der Waals surface area contributed by atoms with Gasteiger partial charge in [-0.1, -0.05) is 34.1 Å². The number of likely N-dealkylation sites (tertiary alicyclic amines) is 1. The average Bonchev–Trinajstić information content (AvgIpc) is 3.24. The van der Waals surface area contributed by atoms with E-state index in [0.717, 1.165) is 29.8 Å². The molecule has 0 radical (unpaired) electrons. The van der Waals surface area contributed by atoms with Crippen LogP contribution in [0.2, 0.25) is 18.1 Å². The van der Waals surface area contributed by atoms with Gasteiger partial charge in [-0.3, -0.25) is 4.79 Å². The molecule has 1 aliphatic heterocycles. The largest absolute Gasteiger partial charge is 0.478 e. The van der Waals surface area contributed by atoms with Gasteiger partial charge in [0.25, 0.3) is 0 Å². The predicted molar refractivity (Wildman–Crippen MR) is 124 cm³/mol. The molecule has 30 heavy (non-hydrogen) atoms. The Hall–Kier alpha value is -1.51. The molecule has 1 N–H and O–H groups in total. The second kappa shape index (κ2) is 10.2. The average molecular weight is 453 g/mol. The van der Waals surface area contributed by atoms with E-state index in [1.54, 1.807) is 0 Å². The zero-order valence-corrected chi connectivity index (χ0v) is 21.0. The molecule has 1 amide bonds. The van der Waals surface area contributed by atoms with E-state index in [0.29, 0.717) is 31.7 Å². The lowest BCUT2D eigenvalue weighted by atomic mass is 10.1. The Labute approximate surface area is 185 Å². The number of hydrogen-bond acceptors (Lipinski definition) is 5. The highest BCUT2D eigenvalue weighted by Crippen LogP contribution is 2.37. The first-order chi connectivity index (χ1) is 13.9. The SMILES string of the molecule is CCCC/C(=C\C(=O)O)c1csc(CN2C(=O)CC[C@@H]2CO[Si](C)(C)C(C)(C)C)n1. The molecule has 1 atom stereocenters. The highest BCUT2D eigenvalue weighted by molar-refractivity contribution is 7.09. The minimum absolute atomic E-state index is 0.0769. The van der Waals surface area contributed by atoms with Crippen LogP contribution in [0.25, 0.3) is 5.57 Å². The molecule has 1 aromatic rings. The third-order valence-corrected chi connectivity index (χ3v) is 11.5.